The summed E-state index contributed by atoms with van der Waals surface area (Å²) in [7, 11) is 1.55. The van der Waals surface area contributed by atoms with Crippen molar-refractivity contribution in [3.05, 3.63) is 47.7 Å². The van der Waals surface area contributed by atoms with Gasteiger partial charge in [0, 0.05) is 29.9 Å². The van der Waals surface area contributed by atoms with E-state index in [9.17, 15) is 13.6 Å². The van der Waals surface area contributed by atoms with Gasteiger partial charge in [0.15, 0.2) is 11.6 Å². The number of hydrogen-bond acceptors (Lipinski definition) is 5. The van der Waals surface area contributed by atoms with Gasteiger partial charge in [-0.25, -0.2) is 13.8 Å². The quantitative estimate of drug-likeness (QED) is 0.855. The predicted molar refractivity (Wildman–Crippen MR) is 92.1 cm³/mol. The molecular formula is C18H20F2N4O2. The highest BCUT2D eigenvalue weighted by Gasteiger charge is 2.23. The molecular weight excluding hydrogens is 342 g/mol. The number of anilines is 1. The molecule has 1 saturated carbocycles. The van der Waals surface area contributed by atoms with E-state index >= 15 is 0 Å². The molecule has 1 fully saturated rings. The van der Waals surface area contributed by atoms with Crippen LogP contribution in [0, 0.1) is 11.6 Å². The molecule has 3 rings (SSSR count). The molecule has 1 amide bonds. The molecule has 0 saturated heterocycles. The minimum Gasteiger partial charge on any atom is -0.481 e. The van der Waals surface area contributed by atoms with Gasteiger partial charge in [-0.15, -0.1) is 0 Å². The molecule has 0 unspecified atom stereocenters. The second-order valence-electron chi connectivity index (χ2n) is 6.22. The lowest BCUT2D eigenvalue weighted by atomic mass is 9.91. The number of halogens is 2. The molecule has 26 heavy (non-hydrogen) atoms. The number of benzene rings is 1. The Morgan fingerprint density at radius 1 is 1.12 bits per heavy atom. The first-order valence-corrected chi connectivity index (χ1v) is 8.44. The van der Waals surface area contributed by atoms with Crippen LogP contribution in [0.5, 0.6) is 5.88 Å². The van der Waals surface area contributed by atoms with E-state index in [4.69, 9.17) is 4.74 Å². The Bertz CT molecular complexity index is 780. The molecule has 0 radical (unpaired) electrons. The Labute approximate surface area is 150 Å². The van der Waals surface area contributed by atoms with Crippen molar-refractivity contribution in [2.75, 3.05) is 12.4 Å². The lowest BCUT2D eigenvalue weighted by Gasteiger charge is -2.29. The minimum atomic E-state index is -1.02. The number of hydrogen-bond donors (Lipinski definition) is 2. The number of aromatic nitrogens is 2. The topological polar surface area (TPSA) is 76.1 Å². The Kier molecular flexibility index (Phi) is 5.60. The number of carbonyl (C=O) groups is 1. The van der Waals surface area contributed by atoms with Crippen molar-refractivity contribution in [1.29, 1.82) is 0 Å². The van der Waals surface area contributed by atoms with Crippen molar-refractivity contribution < 1.29 is 18.3 Å². The van der Waals surface area contributed by atoms with Crippen molar-refractivity contribution in [1.82, 2.24) is 15.3 Å². The fraction of sp³-hybridized carbons (Fsp3) is 0.389. The van der Waals surface area contributed by atoms with Gasteiger partial charge in [-0.3, -0.25) is 4.79 Å². The summed E-state index contributed by atoms with van der Waals surface area (Å²) in [5.41, 5.74) is 0.119. The summed E-state index contributed by atoms with van der Waals surface area (Å²) in [6.07, 6.45) is 4.85. The molecule has 6 nitrogen and oxygen atoms in total. The molecule has 138 valence electrons. The molecule has 0 spiro atoms. The number of nitrogens with zero attached hydrogens (tertiary/aromatic N) is 2. The zero-order valence-electron chi connectivity index (χ0n) is 14.3. The van der Waals surface area contributed by atoms with Crippen molar-refractivity contribution in [2.24, 2.45) is 0 Å². The van der Waals surface area contributed by atoms with Crippen LogP contribution in [-0.2, 0) is 0 Å². The van der Waals surface area contributed by atoms with Gasteiger partial charge >= 0.3 is 0 Å². The first-order valence-electron chi connectivity index (χ1n) is 8.44. The van der Waals surface area contributed by atoms with Crippen LogP contribution in [-0.4, -0.2) is 35.1 Å². The summed E-state index contributed by atoms with van der Waals surface area (Å²) in [4.78, 5) is 20.6. The van der Waals surface area contributed by atoms with Crippen LogP contribution in [0.1, 0.15) is 36.0 Å². The van der Waals surface area contributed by atoms with E-state index in [2.05, 4.69) is 20.6 Å². The first-order chi connectivity index (χ1) is 12.5. The zero-order chi connectivity index (χ0) is 18.5. The largest absolute Gasteiger partial charge is 0.481 e. The van der Waals surface area contributed by atoms with Crippen molar-refractivity contribution in [3.63, 3.8) is 0 Å². The monoisotopic (exact) mass is 362 g/mol. The molecule has 2 N–H and O–H groups in total. The van der Waals surface area contributed by atoms with Gasteiger partial charge in [0.25, 0.3) is 5.91 Å². The van der Waals surface area contributed by atoms with Crippen LogP contribution in [0.25, 0.3) is 0 Å². The van der Waals surface area contributed by atoms with E-state index < -0.39 is 17.5 Å². The SMILES string of the molecule is COc1ccnc(NC2CCC(NC(=O)c3ccc(F)c(F)c3)CC2)n1. The molecule has 1 aliphatic rings. The fourth-order valence-corrected chi connectivity index (χ4v) is 3.00. The van der Waals surface area contributed by atoms with E-state index in [0.717, 1.165) is 37.8 Å². The Hall–Kier alpha value is -2.77. The van der Waals surface area contributed by atoms with Gasteiger partial charge in [-0.05, 0) is 43.9 Å². The molecule has 1 aromatic carbocycles. The van der Waals surface area contributed by atoms with E-state index in [-0.39, 0.29) is 17.6 Å². The Balaban J connectivity index is 1.50. The summed E-state index contributed by atoms with van der Waals surface area (Å²) in [5.74, 6) is -1.37. The highest BCUT2D eigenvalue weighted by Crippen LogP contribution is 2.22. The Morgan fingerprint density at radius 2 is 1.85 bits per heavy atom. The summed E-state index contributed by atoms with van der Waals surface area (Å²) in [6.45, 7) is 0. The molecule has 2 aromatic rings. The third kappa shape index (κ3) is 4.44. The number of rotatable bonds is 5. The molecule has 1 aliphatic carbocycles. The maximum absolute atomic E-state index is 13.2. The number of amides is 1. The summed E-state index contributed by atoms with van der Waals surface area (Å²) in [6, 6.07) is 5.03. The molecule has 1 heterocycles. The smallest absolute Gasteiger partial charge is 0.251 e. The van der Waals surface area contributed by atoms with Crippen LogP contribution in [0.3, 0.4) is 0 Å². The number of nitrogens with one attached hydrogen (secondary N) is 2. The fourth-order valence-electron chi connectivity index (χ4n) is 3.00. The van der Waals surface area contributed by atoms with Crippen molar-refractivity contribution in [3.8, 4) is 5.88 Å². The minimum absolute atomic E-state index is 0.0000999. The van der Waals surface area contributed by atoms with Gasteiger partial charge in [0.1, 0.15) is 0 Å². The van der Waals surface area contributed by atoms with Crippen LogP contribution in [0.2, 0.25) is 0 Å². The third-order valence-corrected chi connectivity index (χ3v) is 4.42. The second kappa shape index (κ2) is 8.07. The molecule has 0 atom stereocenters. The van der Waals surface area contributed by atoms with Crippen LogP contribution in [0.4, 0.5) is 14.7 Å². The normalized spacial score (nSPS) is 19.7. The van der Waals surface area contributed by atoms with E-state index in [0.29, 0.717) is 11.8 Å². The number of carbonyl (C=O) groups excluding carboxylic acids is 1. The number of methoxy groups -OCH3 is 1. The molecule has 0 aliphatic heterocycles. The highest BCUT2D eigenvalue weighted by atomic mass is 19.2. The maximum atomic E-state index is 13.2. The molecule has 8 heteroatoms. The van der Waals surface area contributed by atoms with Crippen molar-refractivity contribution >= 4 is 11.9 Å². The molecule has 1 aromatic heterocycles. The van der Waals surface area contributed by atoms with Gasteiger partial charge < -0.3 is 15.4 Å². The lowest BCUT2D eigenvalue weighted by Crippen LogP contribution is -2.40. The summed E-state index contributed by atoms with van der Waals surface area (Å²) < 4.78 is 31.3. The van der Waals surface area contributed by atoms with Crippen LogP contribution >= 0.6 is 0 Å². The molecule has 0 bridgehead atoms. The summed E-state index contributed by atoms with van der Waals surface area (Å²) in [5, 5.41) is 6.15. The first kappa shape index (κ1) is 18.0. The van der Waals surface area contributed by atoms with Gasteiger partial charge in [-0.2, -0.15) is 4.98 Å². The van der Waals surface area contributed by atoms with E-state index in [1.54, 1.807) is 19.4 Å². The van der Waals surface area contributed by atoms with E-state index in [1.165, 1.54) is 6.07 Å². The third-order valence-electron chi connectivity index (χ3n) is 4.42. The van der Waals surface area contributed by atoms with Gasteiger partial charge in [-0.1, -0.05) is 0 Å². The van der Waals surface area contributed by atoms with Gasteiger partial charge in [0.05, 0.1) is 7.11 Å². The van der Waals surface area contributed by atoms with Crippen LogP contribution < -0.4 is 15.4 Å². The van der Waals surface area contributed by atoms with E-state index in [1.807, 2.05) is 0 Å². The number of ether oxygens (including phenoxy) is 1. The Morgan fingerprint density at radius 3 is 2.54 bits per heavy atom. The predicted octanol–water partition coefficient (Wildman–Crippen LogP) is 2.92. The lowest BCUT2D eigenvalue weighted by molar-refractivity contribution is 0.0926. The second-order valence-corrected chi connectivity index (χ2v) is 6.22. The average Bonchev–Trinajstić information content (AvgIpc) is 2.65. The zero-order valence-corrected chi connectivity index (χ0v) is 14.3. The average molecular weight is 362 g/mol. The standard InChI is InChI=1S/C18H20F2N4O2/c1-26-16-8-9-21-18(24-16)23-13-5-3-12(4-6-13)22-17(25)11-2-7-14(19)15(20)10-11/h2,7-10,12-13H,3-6H2,1H3,(H,22,25)(H,21,23,24). The van der Waals surface area contributed by atoms with Crippen LogP contribution in [0.15, 0.2) is 30.5 Å². The van der Waals surface area contributed by atoms with Gasteiger partial charge in [0.2, 0.25) is 11.8 Å². The van der Waals surface area contributed by atoms with Crippen molar-refractivity contribution in [2.45, 2.75) is 37.8 Å². The maximum Gasteiger partial charge on any atom is 0.251 e. The summed E-state index contributed by atoms with van der Waals surface area (Å²) >= 11 is 0. The highest BCUT2D eigenvalue weighted by molar-refractivity contribution is 5.94.